The molecule has 2 aromatic rings. The minimum Gasteiger partial charge on any atom is -0.255 e. The van der Waals surface area contributed by atoms with Gasteiger partial charge in [0, 0.05) is 11.9 Å². The third-order valence-corrected chi connectivity index (χ3v) is 2.13. The van der Waals surface area contributed by atoms with Crippen LogP contribution >= 0.6 is 0 Å². The molecule has 0 aliphatic rings. The predicted molar refractivity (Wildman–Crippen MR) is 55.8 cm³/mol. The van der Waals surface area contributed by atoms with Gasteiger partial charge in [0.15, 0.2) is 0 Å². The minimum absolute atomic E-state index is 0.276. The Morgan fingerprint density at radius 1 is 1.40 bits per heavy atom. The monoisotopic (exact) mass is 198 g/mol. The molecule has 0 fully saturated rings. The Hall–Kier alpha value is -2.15. The predicted octanol–water partition coefficient (Wildman–Crippen LogP) is 1.78. The van der Waals surface area contributed by atoms with E-state index in [1.165, 1.54) is 0 Å². The first-order chi connectivity index (χ1) is 7.31. The maximum atomic E-state index is 8.60. The maximum absolute atomic E-state index is 8.60. The van der Waals surface area contributed by atoms with E-state index in [2.05, 4.69) is 16.2 Å². The van der Waals surface area contributed by atoms with Gasteiger partial charge in [-0.1, -0.05) is 6.07 Å². The van der Waals surface area contributed by atoms with Crippen molar-refractivity contribution >= 4 is 0 Å². The molecule has 74 valence electrons. The number of nitrogens with zero attached hydrogens (tertiary/aromatic N) is 4. The average Bonchev–Trinajstić information content (AvgIpc) is 2.63. The Kier molecular flexibility index (Phi) is 2.46. The van der Waals surface area contributed by atoms with E-state index in [1.807, 2.05) is 31.2 Å². The van der Waals surface area contributed by atoms with Crippen LogP contribution in [0.25, 0.3) is 11.4 Å². The van der Waals surface area contributed by atoms with Gasteiger partial charge < -0.3 is 0 Å². The highest BCUT2D eigenvalue weighted by molar-refractivity contribution is 5.53. The quantitative estimate of drug-likeness (QED) is 0.739. The molecule has 0 aliphatic carbocycles. The first-order valence-electron chi connectivity index (χ1n) is 4.64. The number of pyridine rings is 1. The van der Waals surface area contributed by atoms with Crippen molar-refractivity contribution in [3.05, 3.63) is 36.2 Å². The van der Waals surface area contributed by atoms with Gasteiger partial charge in [-0.15, -0.1) is 0 Å². The third-order valence-electron chi connectivity index (χ3n) is 2.13. The zero-order chi connectivity index (χ0) is 10.7. The van der Waals surface area contributed by atoms with Crippen LogP contribution in [0.1, 0.15) is 5.69 Å². The molecule has 0 N–H and O–H groups in total. The van der Waals surface area contributed by atoms with Crippen molar-refractivity contribution in [2.45, 2.75) is 13.5 Å². The van der Waals surface area contributed by atoms with E-state index in [0.717, 1.165) is 17.1 Å². The zero-order valence-electron chi connectivity index (χ0n) is 8.38. The highest BCUT2D eigenvalue weighted by Crippen LogP contribution is 2.15. The van der Waals surface area contributed by atoms with Crippen molar-refractivity contribution < 1.29 is 0 Å². The van der Waals surface area contributed by atoms with Gasteiger partial charge in [0.2, 0.25) is 0 Å². The lowest BCUT2D eigenvalue weighted by Gasteiger charge is -1.95. The summed E-state index contributed by atoms with van der Waals surface area (Å²) in [6.07, 6.45) is 1.73. The summed E-state index contributed by atoms with van der Waals surface area (Å²) in [6.45, 7) is 2.20. The van der Waals surface area contributed by atoms with Crippen molar-refractivity contribution in [3.63, 3.8) is 0 Å². The summed E-state index contributed by atoms with van der Waals surface area (Å²) in [5.74, 6) is 0. The van der Waals surface area contributed by atoms with Crippen molar-refractivity contribution in [2.75, 3.05) is 0 Å². The number of rotatable bonds is 2. The smallest absolute Gasteiger partial charge is 0.128 e. The molecule has 0 aliphatic heterocycles. The average molecular weight is 198 g/mol. The molecule has 0 radical (unpaired) electrons. The number of aromatic nitrogens is 3. The second-order valence-electron chi connectivity index (χ2n) is 3.20. The molecule has 0 amide bonds. The van der Waals surface area contributed by atoms with Crippen LogP contribution in [0.4, 0.5) is 0 Å². The summed E-state index contributed by atoms with van der Waals surface area (Å²) in [6, 6.07) is 9.68. The largest absolute Gasteiger partial charge is 0.255 e. The summed E-state index contributed by atoms with van der Waals surface area (Å²) >= 11 is 0. The molecule has 0 saturated carbocycles. The Morgan fingerprint density at radius 2 is 2.27 bits per heavy atom. The fraction of sp³-hybridized carbons (Fsp3) is 0.182. The van der Waals surface area contributed by atoms with Crippen molar-refractivity contribution in [2.24, 2.45) is 0 Å². The van der Waals surface area contributed by atoms with Crippen LogP contribution in [0.5, 0.6) is 0 Å². The van der Waals surface area contributed by atoms with E-state index >= 15 is 0 Å². The summed E-state index contributed by atoms with van der Waals surface area (Å²) in [5, 5.41) is 12.9. The number of nitriles is 1. The Bertz CT molecular complexity index is 493. The van der Waals surface area contributed by atoms with Crippen molar-refractivity contribution in [3.8, 4) is 17.5 Å². The molecule has 0 saturated heterocycles. The Morgan fingerprint density at radius 3 is 2.93 bits per heavy atom. The lowest BCUT2D eigenvalue weighted by Crippen LogP contribution is -1.99. The molecular formula is C11H10N4. The molecule has 2 rings (SSSR count). The fourth-order valence-electron chi connectivity index (χ4n) is 1.38. The lowest BCUT2D eigenvalue weighted by molar-refractivity contribution is 0.688. The highest BCUT2D eigenvalue weighted by atomic mass is 15.3. The highest BCUT2D eigenvalue weighted by Gasteiger charge is 2.06. The summed E-state index contributed by atoms with van der Waals surface area (Å²) in [5.41, 5.74) is 2.61. The molecule has 2 aromatic heterocycles. The first kappa shape index (κ1) is 9.41. The molecule has 2 heterocycles. The van der Waals surface area contributed by atoms with Crippen LogP contribution in [0.3, 0.4) is 0 Å². The van der Waals surface area contributed by atoms with Crippen LogP contribution in [0, 0.1) is 18.3 Å². The van der Waals surface area contributed by atoms with E-state index in [-0.39, 0.29) is 6.54 Å². The lowest BCUT2D eigenvalue weighted by atomic mass is 10.2. The van der Waals surface area contributed by atoms with Gasteiger partial charge in [0.25, 0.3) is 0 Å². The molecule has 4 nitrogen and oxygen atoms in total. The molecule has 0 spiro atoms. The molecule has 0 unspecified atom stereocenters. The normalized spacial score (nSPS) is 9.87. The number of hydrogen-bond acceptors (Lipinski definition) is 3. The topological polar surface area (TPSA) is 54.5 Å². The first-order valence-corrected chi connectivity index (χ1v) is 4.64. The number of hydrogen-bond donors (Lipinski definition) is 0. The van der Waals surface area contributed by atoms with Crippen LogP contribution < -0.4 is 0 Å². The third kappa shape index (κ3) is 1.86. The Labute approximate surface area is 87.8 Å². The second kappa shape index (κ2) is 3.93. The van der Waals surface area contributed by atoms with Gasteiger partial charge in [-0.25, -0.2) is 0 Å². The van der Waals surface area contributed by atoms with E-state index in [4.69, 9.17) is 5.26 Å². The second-order valence-corrected chi connectivity index (χ2v) is 3.20. The molecule has 0 bridgehead atoms. The maximum Gasteiger partial charge on any atom is 0.128 e. The molecular weight excluding hydrogens is 188 g/mol. The SMILES string of the molecule is Cc1cc(-c2ccccn2)nn1CC#N. The van der Waals surface area contributed by atoms with Gasteiger partial charge in [-0.05, 0) is 25.1 Å². The number of aryl methyl sites for hydroxylation is 1. The van der Waals surface area contributed by atoms with Crippen LogP contribution in [0.2, 0.25) is 0 Å². The van der Waals surface area contributed by atoms with Gasteiger partial charge in [0.1, 0.15) is 12.2 Å². The van der Waals surface area contributed by atoms with Gasteiger partial charge >= 0.3 is 0 Å². The van der Waals surface area contributed by atoms with Crippen LogP contribution in [0.15, 0.2) is 30.5 Å². The summed E-state index contributed by atoms with van der Waals surface area (Å²) in [7, 11) is 0. The molecule has 0 atom stereocenters. The van der Waals surface area contributed by atoms with E-state index in [1.54, 1.807) is 10.9 Å². The van der Waals surface area contributed by atoms with E-state index in [9.17, 15) is 0 Å². The van der Waals surface area contributed by atoms with Gasteiger partial charge in [-0.3, -0.25) is 9.67 Å². The zero-order valence-corrected chi connectivity index (χ0v) is 8.38. The summed E-state index contributed by atoms with van der Waals surface area (Å²) < 4.78 is 1.67. The van der Waals surface area contributed by atoms with Crippen molar-refractivity contribution in [1.82, 2.24) is 14.8 Å². The van der Waals surface area contributed by atoms with E-state index in [0.29, 0.717) is 0 Å². The molecule has 15 heavy (non-hydrogen) atoms. The minimum atomic E-state index is 0.276. The fourth-order valence-corrected chi connectivity index (χ4v) is 1.38. The van der Waals surface area contributed by atoms with Gasteiger partial charge in [0.05, 0.1) is 11.8 Å². The van der Waals surface area contributed by atoms with Crippen LogP contribution in [-0.2, 0) is 6.54 Å². The van der Waals surface area contributed by atoms with Gasteiger partial charge in [-0.2, -0.15) is 10.4 Å². The van der Waals surface area contributed by atoms with E-state index < -0.39 is 0 Å². The van der Waals surface area contributed by atoms with Crippen LogP contribution in [-0.4, -0.2) is 14.8 Å². The standard InChI is InChI=1S/C11H10N4/c1-9-8-11(14-15(9)7-5-12)10-4-2-3-6-13-10/h2-4,6,8H,7H2,1H3. The molecule has 0 aromatic carbocycles. The Balaban J connectivity index is 2.40. The van der Waals surface area contributed by atoms with Crippen molar-refractivity contribution in [1.29, 1.82) is 5.26 Å². The summed E-state index contributed by atoms with van der Waals surface area (Å²) in [4.78, 5) is 4.20. The molecule has 4 heteroatoms.